The quantitative estimate of drug-likeness (QED) is 0.723. The first kappa shape index (κ1) is 18.3. The van der Waals surface area contributed by atoms with Crippen LogP contribution in [0.5, 0.6) is 5.75 Å². The summed E-state index contributed by atoms with van der Waals surface area (Å²) < 4.78 is 5.13. The van der Waals surface area contributed by atoms with Crippen molar-refractivity contribution in [3.8, 4) is 5.75 Å². The molecule has 2 aromatic carbocycles. The van der Waals surface area contributed by atoms with Crippen LogP contribution in [0.15, 0.2) is 42.5 Å². The van der Waals surface area contributed by atoms with E-state index in [0.29, 0.717) is 23.5 Å². The number of nitrogens with one attached hydrogen (secondary N) is 3. The molecular formula is C19H23N3O3. The van der Waals surface area contributed by atoms with Crippen molar-refractivity contribution in [3.05, 3.63) is 53.6 Å². The molecular weight excluding hydrogens is 318 g/mol. The Morgan fingerprint density at radius 2 is 1.92 bits per heavy atom. The Labute approximate surface area is 147 Å². The molecule has 3 N–H and O–H groups in total. The molecule has 0 spiro atoms. The predicted molar refractivity (Wildman–Crippen MR) is 99.3 cm³/mol. The van der Waals surface area contributed by atoms with Crippen molar-refractivity contribution in [2.75, 3.05) is 30.8 Å². The summed E-state index contributed by atoms with van der Waals surface area (Å²) in [6.07, 6.45) is 0. The molecule has 0 saturated heterocycles. The molecule has 0 fully saturated rings. The third-order valence-corrected chi connectivity index (χ3v) is 3.63. The monoisotopic (exact) mass is 341 g/mol. The molecule has 0 aliphatic heterocycles. The van der Waals surface area contributed by atoms with Gasteiger partial charge in [0.1, 0.15) is 5.75 Å². The van der Waals surface area contributed by atoms with Gasteiger partial charge in [-0.3, -0.25) is 9.59 Å². The Kier molecular flexibility index (Phi) is 6.39. The second-order valence-corrected chi connectivity index (χ2v) is 5.52. The van der Waals surface area contributed by atoms with E-state index >= 15 is 0 Å². The highest BCUT2D eigenvalue weighted by Crippen LogP contribution is 2.18. The normalized spacial score (nSPS) is 10.0. The van der Waals surface area contributed by atoms with Gasteiger partial charge in [0, 0.05) is 29.5 Å². The molecule has 25 heavy (non-hydrogen) atoms. The van der Waals surface area contributed by atoms with Crippen LogP contribution in [-0.4, -0.2) is 32.0 Å². The molecule has 2 aromatic rings. The third-order valence-electron chi connectivity index (χ3n) is 3.63. The number of hydrogen-bond donors (Lipinski definition) is 3. The Bertz CT molecular complexity index is 759. The van der Waals surface area contributed by atoms with E-state index in [0.717, 1.165) is 11.3 Å². The number of anilines is 2. The number of rotatable bonds is 7. The smallest absolute Gasteiger partial charge is 0.251 e. The van der Waals surface area contributed by atoms with Crippen LogP contribution in [0.4, 0.5) is 11.4 Å². The van der Waals surface area contributed by atoms with Gasteiger partial charge in [0.25, 0.3) is 5.91 Å². The van der Waals surface area contributed by atoms with Gasteiger partial charge in [-0.1, -0.05) is 12.1 Å². The summed E-state index contributed by atoms with van der Waals surface area (Å²) in [5, 5.41) is 8.64. The lowest BCUT2D eigenvalue weighted by atomic mass is 10.1. The Morgan fingerprint density at radius 3 is 2.64 bits per heavy atom. The third kappa shape index (κ3) is 5.24. The molecule has 0 unspecified atom stereocenters. The fourth-order valence-electron chi connectivity index (χ4n) is 2.30. The average Bonchev–Trinajstić information content (AvgIpc) is 2.61. The molecule has 6 nitrogen and oxygen atoms in total. The van der Waals surface area contributed by atoms with Crippen LogP contribution in [0.25, 0.3) is 0 Å². The number of carbonyl (C=O) groups excluding carboxylic acids is 2. The van der Waals surface area contributed by atoms with Gasteiger partial charge < -0.3 is 20.7 Å². The summed E-state index contributed by atoms with van der Waals surface area (Å²) in [6, 6.07) is 12.5. The summed E-state index contributed by atoms with van der Waals surface area (Å²) in [7, 11) is 1.58. The van der Waals surface area contributed by atoms with E-state index in [1.54, 1.807) is 31.4 Å². The van der Waals surface area contributed by atoms with E-state index in [4.69, 9.17) is 4.74 Å². The molecule has 2 amide bonds. The first-order chi connectivity index (χ1) is 12.0. The van der Waals surface area contributed by atoms with Crippen LogP contribution in [0.1, 0.15) is 22.8 Å². The average molecular weight is 341 g/mol. The molecule has 0 aliphatic rings. The van der Waals surface area contributed by atoms with Gasteiger partial charge in [0.15, 0.2) is 0 Å². The zero-order chi connectivity index (χ0) is 18.2. The number of methoxy groups -OCH3 is 1. The number of hydrogen-bond acceptors (Lipinski definition) is 4. The van der Waals surface area contributed by atoms with Gasteiger partial charge >= 0.3 is 0 Å². The van der Waals surface area contributed by atoms with E-state index in [1.165, 1.54) is 0 Å². The highest BCUT2D eigenvalue weighted by molar-refractivity contribution is 5.96. The molecule has 0 heterocycles. The van der Waals surface area contributed by atoms with Gasteiger partial charge in [-0.2, -0.15) is 0 Å². The molecule has 2 rings (SSSR count). The van der Waals surface area contributed by atoms with Crippen molar-refractivity contribution in [1.29, 1.82) is 0 Å². The second kappa shape index (κ2) is 8.73. The SMILES string of the molecule is CCNC(=O)c1ccc(C)c(NCC(=O)Nc2cccc(OC)c2)c1. The maximum Gasteiger partial charge on any atom is 0.251 e. The Hall–Kier alpha value is -3.02. The van der Waals surface area contributed by atoms with Gasteiger partial charge in [-0.05, 0) is 43.7 Å². The maximum absolute atomic E-state index is 12.1. The predicted octanol–water partition coefficient (Wildman–Crippen LogP) is 2.80. The molecule has 0 aliphatic carbocycles. The molecule has 0 bridgehead atoms. The fraction of sp³-hybridized carbons (Fsp3) is 0.263. The minimum Gasteiger partial charge on any atom is -0.497 e. The van der Waals surface area contributed by atoms with E-state index in [9.17, 15) is 9.59 Å². The van der Waals surface area contributed by atoms with Gasteiger partial charge in [0.2, 0.25) is 5.91 Å². The molecule has 0 saturated carbocycles. The van der Waals surface area contributed by atoms with E-state index < -0.39 is 0 Å². The van der Waals surface area contributed by atoms with Gasteiger partial charge in [0.05, 0.1) is 13.7 Å². The molecule has 6 heteroatoms. The maximum atomic E-state index is 12.1. The number of ether oxygens (including phenoxy) is 1. The van der Waals surface area contributed by atoms with Crippen LogP contribution in [-0.2, 0) is 4.79 Å². The Morgan fingerprint density at radius 1 is 1.12 bits per heavy atom. The van der Waals surface area contributed by atoms with E-state index in [1.807, 2.05) is 32.0 Å². The number of benzene rings is 2. The van der Waals surface area contributed by atoms with Crippen molar-refractivity contribution in [1.82, 2.24) is 5.32 Å². The van der Waals surface area contributed by atoms with Crippen LogP contribution in [0.3, 0.4) is 0 Å². The summed E-state index contributed by atoms with van der Waals surface area (Å²) in [4.78, 5) is 24.0. The van der Waals surface area contributed by atoms with Crippen LogP contribution < -0.4 is 20.7 Å². The van der Waals surface area contributed by atoms with Crippen molar-refractivity contribution in [3.63, 3.8) is 0 Å². The number of carbonyl (C=O) groups is 2. The first-order valence-electron chi connectivity index (χ1n) is 8.10. The Balaban J connectivity index is 1.99. The zero-order valence-corrected chi connectivity index (χ0v) is 14.7. The van der Waals surface area contributed by atoms with Gasteiger partial charge in [-0.25, -0.2) is 0 Å². The summed E-state index contributed by atoms with van der Waals surface area (Å²) >= 11 is 0. The van der Waals surface area contributed by atoms with Crippen molar-refractivity contribution in [2.45, 2.75) is 13.8 Å². The van der Waals surface area contributed by atoms with E-state index in [-0.39, 0.29) is 18.4 Å². The number of amides is 2. The molecule has 0 atom stereocenters. The lowest BCUT2D eigenvalue weighted by Crippen LogP contribution is -2.24. The minimum absolute atomic E-state index is 0.0941. The minimum atomic E-state index is -0.184. The lowest BCUT2D eigenvalue weighted by molar-refractivity contribution is -0.114. The lowest BCUT2D eigenvalue weighted by Gasteiger charge is -2.12. The highest BCUT2D eigenvalue weighted by atomic mass is 16.5. The van der Waals surface area contributed by atoms with Gasteiger partial charge in [-0.15, -0.1) is 0 Å². The summed E-state index contributed by atoms with van der Waals surface area (Å²) in [5.41, 5.74) is 2.94. The molecule has 132 valence electrons. The largest absolute Gasteiger partial charge is 0.497 e. The topological polar surface area (TPSA) is 79.5 Å². The standard InChI is InChI=1S/C19H23N3O3/c1-4-20-19(24)14-9-8-13(2)17(10-14)21-12-18(23)22-15-6-5-7-16(11-15)25-3/h5-11,21H,4,12H2,1-3H3,(H,20,24)(H,22,23). The van der Waals surface area contributed by atoms with Crippen LogP contribution in [0, 0.1) is 6.92 Å². The summed E-state index contributed by atoms with van der Waals surface area (Å²) in [6.45, 7) is 4.45. The van der Waals surface area contributed by atoms with Crippen molar-refractivity contribution in [2.24, 2.45) is 0 Å². The molecule has 0 radical (unpaired) electrons. The van der Waals surface area contributed by atoms with Crippen molar-refractivity contribution < 1.29 is 14.3 Å². The fourth-order valence-corrected chi connectivity index (χ4v) is 2.30. The zero-order valence-electron chi connectivity index (χ0n) is 14.7. The highest BCUT2D eigenvalue weighted by Gasteiger charge is 2.09. The molecule has 0 aromatic heterocycles. The summed E-state index contributed by atoms with van der Waals surface area (Å²) in [5.74, 6) is 0.360. The van der Waals surface area contributed by atoms with Crippen molar-refractivity contribution >= 4 is 23.2 Å². The van der Waals surface area contributed by atoms with E-state index in [2.05, 4.69) is 16.0 Å². The first-order valence-corrected chi connectivity index (χ1v) is 8.10. The van der Waals surface area contributed by atoms with Crippen LogP contribution in [0.2, 0.25) is 0 Å². The second-order valence-electron chi connectivity index (χ2n) is 5.52. The number of aryl methyl sites for hydroxylation is 1. The van der Waals surface area contributed by atoms with Crippen LogP contribution >= 0.6 is 0 Å².